The molecular formula is C14H26O2. The molecule has 1 aliphatic carbocycles. The molecule has 3 atom stereocenters. The van der Waals surface area contributed by atoms with Crippen LogP contribution in [-0.4, -0.2) is 23.9 Å². The summed E-state index contributed by atoms with van der Waals surface area (Å²) >= 11 is 0. The highest BCUT2D eigenvalue weighted by Gasteiger charge is 2.34. The molecular weight excluding hydrogens is 200 g/mol. The summed E-state index contributed by atoms with van der Waals surface area (Å²) < 4.78 is 5.56. The first kappa shape index (κ1) is 12.4. The van der Waals surface area contributed by atoms with Gasteiger partial charge in [0.25, 0.3) is 0 Å². The second-order valence-electron chi connectivity index (χ2n) is 5.82. The molecule has 1 saturated carbocycles. The second kappa shape index (κ2) is 5.50. The van der Waals surface area contributed by atoms with Crippen LogP contribution in [0.2, 0.25) is 0 Å². The second-order valence-corrected chi connectivity index (χ2v) is 5.82. The maximum atomic E-state index is 10.4. The maximum Gasteiger partial charge on any atom is 0.0619 e. The Balaban J connectivity index is 1.79. The Hall–Kier alpha value is -0.0800. The summed E-state index contributed by atoms with van der Waals surface area (Å²) in [6.45, 7) is 5.17. The van der Waals surface area contributed by atoms with Crippen LogP contribution >= 0.6 is 0 Å². The lowest BCUT2D eigenvalue weighted by Gasteiger charge is -2.33. The number of hydrogen-bond acceptors (Lipinski definition) is 2. The van der Waals surface area contributed by atoms with E-state index in [0.29, 0.717) is 17.9 Å². The van der Waals surface area contributed by atoms with Crippen molar-refractivity contribution in [3.63, 3.8) is 0 Å². The van der Waals surface area contributed by atoms with Gasteiger partial charge in [0, 0.05) is 5.92 Å². The van der Waals surface area contributed by atoms with Crippen LogP contribution in [0.15, 0.2) is 0 Å². The largest absolute Gasteiger partial charge is 0.392 e. The van der Waals surface area contributed by atoms with Gasteiger partial charge in [0.2, 0.25) is 0 Å². The Morgan fingerprint density at radius 2 is 1.88 bits per heavy atom. The third-order valence-corrected chi connectivity index (χ3v) is 4.66. The summed E-state index contributed by atoms with van der Waals surface area (Å²) in [4.78, 5) is 0. The minimum absolute atomic E-state index is 0.109. The fourth-order valence-electron chi connectivity index (χ4n) is 3.41. The van der Waals surface area contributed by atoms with E-state index >= 15 is 0 Å². The van der Waals surface area contributed by atoms with Crippen LogP contribution in [-0.2, 0) is 4.74 Å². The average molecular weight is 226 g/mol. The summed E-state index contributed by atoms with van der Waals surface area (Å²) in [6, 6.07) is 0. The normalized spacial score (nSPS) is 42.2. The van der Waals surface area contributed by atoms with Crippen molar-refractivity contribution < 1.29 is 9.84 Å². The van der Waals surface area contributed by atoms with Crippen molar-refractivity contribution in [3.8, 4) is 0 Å². The molecule has 94 valence electrons. The lowest BCUT2D eigenvalue weighted by Crippen LogP contribution is -2.32. The van der Waals surface area contributed by atoms with E-state index in [9.17, 15) is 5.11 Å². The number of hydrogen-bond donors (Lipinski definition) is 1. The van der Waals surface area contributed by atoms with Gasteiger partial charge in [-0.05, 0) is 38.0 Å². The molecule has 16 heavy (non-hydrogen) atoms. The third kappa shape index (κ3) is 2.78. The van der Waals surface area contributed by atoms with E-state index in [4.69, 9.17) is 4.74 Å². The highest BCUT2D eigenvalue weighted by Crippen LogP contribution is 2.36. The van der Waals surface area contributed by atoms with Crippen molar-refractivity contribution in [1.82, 2.24) is 0 Å². The topological polar surface area (TPSA) is 29.5 Å². The standard InChI is InChI=1S/C14H26O2/c1-3-11-4-6-12(7-5-11)14(15)13-8-10(2)16-9-13/h10-15H,3-9H2,1-2H3. The van der Waals surface area contributed by atoms with Gasteiger partial charge >= 0.3 is 0 Å². The summed E-state index contributed by atoms with van der Waals surface area (Å²) in [5.74, 6) is 1.86. The third-order valence-electron chi connectivity index (χ3n) is 4.66. The minimum Gasteiger partial charge on any atom is -0.392 e. The van der Waals surface area contributed by atoms with Crippen molar-refractivity contribution in [1.29, 1.82) is 0 Å². The highest BCUT2D eigenvalue weighted by molar-refractivity contribution is 4.84. The fourth-order valence-corrected chi connectivity index (χ4v) is 3.41. The molecule has 1 heterocycles. The lowest BCUT2D eigenvalue weighted by molar-refractivity contribution is 0.0197. The summed E-state index contributed by atoms with van der Waals surface area (Å²) in [7, 11) is 0. The van der Waals surface area contributed by atoms with Crippen LogP contribution in [0.4, 0.5) is 0 Å². The fraction of sp³-hybridized carbons (Fsp3) is 1.00. The molecule has 2 rings (SSSR count). The SMILES string of the molecule is CCC1CCC(C(O)C2COC(C)C2)CC1. The lowest BCUT2D eigenvalue weighted by atomic mass is 9.75. The van der Waals surface area contributed by atoms with Gasteiger partial charge in [-0.3, -0.25) is 0 Å². The molecule has 0 radical (unpaired) electrons. The molecule has 3 unspecified atom stereocenters. The molecule has 1 N–H and O–H groups in total. The molecule has 1 saturated heterocycles. The quantitative estimate of drug-likeness (QED) is 0.801. The van der Waals surface area contributed by atoms with Crippen LogP contribution in [0.3, 0.4) is 0 Å². The molecule has 0 spiro atoms. The van der Waals surface area contributed by atoms with E-state index in [1.54, 1.807) is 0 Å². The maximum absolute atomic E-state index is 10.4. The van der Waals surface area contributed by atoms with Crippen molar-refractivity contribution in [3.05, 3.63) is 0 Å². The highest BCUT2D eigenvalue weighted by atomic mass is 16.5. The van der Waals surface area contributed by atoms with Crippen molar-refractivity contribution in [2.75, 3.05) is 6.61 Å². The molecule has 0 bridgehead atoms. The Morgan fingerprint density at radius 3 is 2.38 bits per heavy atom. The average Bonchev–Trinajstić information content (AvgIpc) is 2.75. The van der Waals surface area contributed by atoms with E-state index in [2.05, 4.69) is 13.8 Å². The van der Waals surface area contributed by atoms with Crippen LogP contribution < -0.4 is 0 Å². The van der Waals surface area contributed by atoms with Gasteiger partial charge in [-0.1, -0.05) is 26.2 Å². The van der Waals surface area contributed by atoms with Gasteiger partial charge in [-0.25, -0.2) is 0 Å². The zero-order valence-corrected chi connectivity index (χ0v) is 10.7. The molecule has 2 aliphatic rings. The molecule has 2 nitrogen and oxygen atoms in total. The van der Waals surface area contributed by atoms with Gasteiger partial charge in [-0.2, -0.15) is 0 Å². The van der Waals surface area contributed by atoms with Crippen molar-refractivity contribution >= 4 is 0 Å². The van der Waals surface area contributed by atoms with Crippen LogP contribution in [0.5, 0.6) is 0 Å². The zero-order valence-electron chi connectivity index (χ0n) is 10.7. The van der Waals surface area contributed by atoms with Gasteiger partial charge in [0.1, 0.15) is 0 Å². The zero-order chi connectivity index (χ0) is 11.5. The predicted molar refractivity (Wildman–Crippen MR) is 65.3 cm³/mol. The molecule has 0 amide bonds. The molecule has 0 aromatic heterocycles. The number of aliphatic hydroxyl groups is 1. The summed E-state index contributed by atoms with van der Waals surface area (Å²) in [5, 5.41) is 10.4. The van der Waals surface area contributed by atoms with Gasteiger partial charge in [0.15, 0.2) is 0 Å². The van der Waals surface area contributed by atoms with Gasteiger partial charge in [-0.15, -0.1) is 0 Å². The van der Waals surface area contributed by atoms with Gasteiger partial charge in [0.05, 0.1) is 18.8 Å². The number of rotatable bonds is 3. The Labute approximate surface area is 99.4 Å². The molecule has 0 aromatic carbocycles. The van der Waals surface area contributed by atoms with Crippen LogP contribution in [0, 0.1) is 17.8 Å². The first-order valence-electron chi connectivity index (χ1n) is 7.00. The molecule has 1 aliphatic heterocycles. The van der Waals surface area contributed by atoms with E-state index in [-0.39, 0.29) is 6.10 Å². The molecule has 2 fully saturated rings. The van der Waals surface area contributed by atoms with Crippen LogP contribution in [0.1, 0.15) is 52.4 Å². The number of ether oxygens (including phenoxy) is 1. The van der Waals surface area contributed by atoms with E-state index in [1.165, 1.54) is 32.1 Å². The van der Waals surface area contributed by atoms with E-state index in [1.807, 2.05) is 0 Å². The predicted octanol–water partition coefficient (Wildman–Crippen LogP) is 2.99. The van der Waals surface area contributed by atoms with E-state index < -0.39 is 0 Å². The first-order valence-corrected chi connectivity index (χ1v) is 7.00. The van der Waals surface area contributed by atoms with Crippen LogP contribution in [0.25, 0.3) is 0 Å². The van der Waals surface area contributed by atoms with Crippen molar-refractivity contribution in [2.45, 2.75) is 64.6 Å². The minimum atomic E-state index is -0.109. The summed E-state index contributed by atoms with van der Waals surface area (Å²) in [5.41, 5.74) is 0. The Kier molecular flexibility index (Phi) is 4.26. The first-order chi connectivity index (χ1) is 7.70. The molecule has 2 heteroatoms. The Bertz CT molecular complexity index is 209. The molecule has 0 aromatic rings. The van der Waals surface area contributed by atoms with Gasteiger partial charge < -0.3 is 9.84 Å². The van der Waals surface area contributed by atoms with E-state index in [0.717, 1.165) is 18.9 Å². The summed E-state index contributed by atoms with van der Waals surface area (Å²) in [6.07, 6.45) is 7.70. The number of aliphatic hydroxyl groups excluding tert-OH is 1. The Morgan fingerprint density at radius 1 is 1.19 bits per heavy atom. The monoisotopic (exact) mass is 226 g/mol. The smallest absolute Gasteiger partial charge is 0.0619 e. The van der Waals surface area contributed by atoms with Crippen molar-refractivity contribution in [2.24, 2.45) is 17.8 Å².